The molecule has 1 N–H and O–H groups in total. The second-order valence-corrected chi connectivity index (χ2v) is 5.29. The Kier molecular flexibility index (Phi) is 4.18. The van der Waals surface area contributed by atoms with Gasteiger partial charge in [0.15, 0.2) is 0 Å². The van der Waals surface area contributed by atoms with E-state index in [1.54, 1.807) is 16.8 Å². The van der Waals surface area contributed by atoms with Crippen LogP contribution >= 0.6 is 0 Å². The highest BCUT2D eigenvalue weighted by Gasteiger charge is 2.30. The molecule has 4 nitrogen and oxygen atoms in total. The van der Waals surface area contributed by atoms with Crippen LogP contribution in [-0.4, -0.2) is 19.9 Å². The van der Waals surface area contributed by atoms with E-state index in [-0.39, 0.29) is 11.9 Å². The zero-order chi connectivity index (χ0) is 14.8. The maximum Gasteiger partial charge on any atom is 0.138 e. The van der Waals surface area contributed by atoms with Gasteiger partial charge in [-0.25, -0.2) is 14.1 Å². The number of nitrogens with zero attached hydrogens (tertiary/aromatic N) is 3. The average Bonchev–Trinajstić information content (AvgIpc) is 2.86. The first kappa shape index (κ1) is 14.7. The number of aromatic nitrogens is 3. The van der Waals surface area contributed by atoms with Crippen LogP contribution in [0.15, 0.2) is 30.6 Å². The molecule has 1 aromatic carbocycles. The van der Waals surface area contributed by atoms with E-state index in [0.717, 1.165) is 0 Å². The van der Waals surface area contributed by atoms with Gasteiger partial charge in [0.1, 0.15) is 18.0 Å². The minimum Gasteiger partial charge on any atom is -0.385 e. The van der Waals surface area contributed by atoms with Crippen molar-refractivity contribution in [1.82, 2.24) is 14.8 Å². The van der Waals surface area contributed by atoms with Gasteiger partial charge in [-0.1, -0.05) is 19.1 Å². The van der Waals surface area contributed by atoms with E-state index >= 15 is 0 Å². The highest BCUT2D eigenvalue weighted by molar-refractivity contribution is 5.24. The molecule has 0 saturated carbocycles. The quantitative estimate of drug-likeness (QED) is 0.914. The fraction of sp³-hybridized carbons (Fsp3) is 0.467. The van der Waals surface area contributed by atoms with Gasteiger partial charge in [0.2, 0.25) is 0 Å². The molecule has 0 saturated heterocycles. The Morgan fingerprint density at radius 2 is 2.15 bits per heavy atom. The summed E-state index contributed by atoms with van der Waals surface area (Å²) in [5, 5.41) is 15.0. The van der Waals surface area contributed by atoms with Crippen LogP contribution in [-0.2, 0) is 12.0 Å². The fourth-order valence-electron chi connectivity index (χ4n) is 2.30. The molecule has 0 aliphatic rings. The molecular weight excluding hydrogens is 257 g/mol. The van der Waals surface area contributed by atoms with Crippen molar-refractivity contribution in [3.63, 3.8) is 0 Å². The number of rotatable bonds is 5. The predicted molar refractivity (Wildman–Crippen MR) is 74.7 cm³/mol. The Hall–Kier alpha value is -1.75. The molecule has 1 unspecified atom stereocenters. The second-order valence-electron chi connectivity index (χ2n) is 5.29. The maximum atomic E-state index is 13.4. The molecule has 1 heterocycles. The summed E-state index contributed by atoms with van der Waals surface area (Å²) in [7, 11) is 0. The van der Waals surface area contributed by atoms with Crippen LogP contribution in [0.1, 0.15) is 44.6 Å². The van der Waals surface area contributed by atoms with Crippen LogP contribution in [0.4, 0.5) is 4.39 Å². The Bertz CT molecular complexity index is 582. The first-order valence-electron chi connectivity index (χ1n) is 6.83. The van der Waals surface area contributed by atoms with E-state index in [1.807, 2.05) is 20.8 Å². The molecule has 0 spiro atoms. The van der Waals surface area contributed by atoms with Crippen molar-refractivity contribution in [1.29, 1.82) is 0 Å². The van der Waals surface area contributed by atoms with Crippen molar-refractivity contribution >= 4 is 0 Å². The first-order chi connectivity index (χ1) is 9.46. The lowest BCUT2D eigenvalue weighted by Crippen LogP contribution is -2.29. The molecule has 1 atom stereocenters. The lowest BCUT2D eigenvalue weighted by molar-refractivity contribution is 0.0291. The minimum absolute atomic E-state index is 0.168. The summed E-state index contributed by atoms with van der Waals surface area (Å²) in [4.78, 5) is 4.22. The van der Waals surface area contributed by atoms with E-state index in [4.69, 9.17) is 0 Å². The summed E-state index contributed by atoms with van der Waals surface area (Å²) in [6.45, 7) is 5.89. The van der Waals surface area contributed by atoms with Gasteiger partial charge >= 0.3 is 0 Å². The summed E-state index contributed by atoms with van der Waals surface area (Å²) >= 11 is 0. The van der Waals surface area contributed by atoms with Crippen LogP contribution < -0.4 is 0 Å². The summed E-state index contributed by atoms with van der Waals surface area (Å²) in [6.07, 6.45) is 2.27. The number of aliphatic hydroxyl groups is 1. The standard InChI is InChI=1S/C15H20FN3O/c1-4-15(20,12-6-5-7-13(16)8-12)9-14-17-10-18-19(14)11(2)3/h5-8,10-11,20H,4,9H2,1-3H3. The van der Waals surface area contributed by atoms with Gasteiger partial charge < -0.3 is 5.11 Å². The zero-order valence-corrected chi connectivity index (χ0v) is 12.0. The van der Waals surface area contributed by atoms with Gasteiger partial charge in [-0.2, -0.15) is 5.10 Å². The summed E-state index contributed by atoms with van der Waals surface area (Å²) < 4.78 is 15.2. The summed E-state index contributed by atoms with van der Waals surface area (Å²) in [5.74, 6) is 0.355. The van der Waals surface area contributed by atoms with E-state index in [0.29, 0.717) is 24.2 Å². The van der Waals surface area contributed by atoms with E-state index in [1.165, 1.54) is 18.5 Å². The number of benzene rings is 1. The number of hydrogen-bond donors (Lipinski definition) is 1. The van der Waals surface area contributed by atoms with Crippen molar-refractivity contribution < 1.29 is 9.50 Å². The smallest absolute Gasteiger partial charge is 0.138 e. The van der Waals surface area contributed by atoms with E-state index < -0.39 is 5.60 Å². The molecule has 0 fully saturated rings. The lowest BCUT2D eigenvalue weighted by atomic mass is 9.87. The molecule has 0 bridgehead atoms. The van der Waals surface area contributed by atoms with Crippen molar-refractivity contribution in [3.8, 4) is 0 Å². The summed E-state index contributed by atoms with van der Waals surface area (Å²) in [6, 6.07) is 6.26. The first-order valence-corrected chi connectivity index (χ1v) is 6.83. The van der Waals surface area contributed by atoms with E-state index in [2.05, 4.69) is 10.1 Å². The molecule has 2 rings (SSSR count). The molecule has 108 valence electrons. The SMILES string of the molecule is CCC(O)(Cc1ncnn1C(C)C)c1cccc(F)c1. The number of halogens is 1. The van der Waals surface area contributed by atoms with Crippen LogP contribution in [0.25, 0.3) is 0 Å². The third kappa shape index (κ3) is 2.88. The zero-order valence-electron chi connectivity index (χ0n) is 12.0. The van der Waals surface area contributed by atoms with Crippen LogP contribution in [0, 0.1) is 5.82 Å². The third-order valence-electron chi connectivity index (χ3n) is 3.53. The molecule has 2 aromatic rings. The largest absolute Gasteiger partial charge is 0.385 e. The average molecular weight is 277 g/mol. The van der Waals surface area contributed by atoms with Crippen LogP contribution in [0.2, 0.25) is 0 Å². The third-order valence-corrected chi connectivity index (χ3v) is 3.53. The Balaban J connectivity index is 2.34. The molecule has 0 aliphatic heterocycles. The van der Waals surface area contributed by atoms with E-state index in [9.17, 15) is 9.50 Å². The summed E-state index contributed by atoms with van der Waals surface area (Å²) in [5.41, 5.74) is -0.569. The highest BCUT2D eigenvalue weighted by atomic mass is 19.1. The van der Waals surface area contributed by atoms with Gasteiger partial charge in [0.05, 0.1) is 5.60 Å². The molecule has 20 heavy (non-hydrogen) atoms. The Morgan fingerprint density at radius 3 is 2.75 bits per heavy atom. The van der Waals surface area contributed by atoms with Crippen LogP contribution in [0.3, 0.4) is 0 Å². The molecule has 0 aliphatic carbocycles. The second kappa shape index (κ2) is 5.71. The monoisotopic (exact) mass is 277 g/mol. The Labute approximate surface area is 118 Å². The highest BCUT2D eigenvalue weighted by Crippen LogP contribution is 2.29. The van der Waals surface area contributed by atoms with Gasteiger partial charge in [-0.05, 0) is 38.0 Å². The van der Waals surface area contributed by atoms with Crippen molar-refractivity contribution in [2.45, 2.75) is 45.3 Å². The van der Waals surface area contributed by atoms with Gasteiger partial charge in [0, 0.05) is 12.5 Å². The molecular formula is C15H20FN3O. The van der Waals surface area contributed by atoms with Crippen molar-refractivity contribution in [2.75, 3.05) is 0 Å². The van der Waals surface area contributed by atoms with Crippen LogP contribution in [0.5, 0.6) is 0 Å². The number of hydrogen-bond acceptors (Lipinski definition) is 3. The predicted octanol–water partition coefficient (Wildman–Crippen LogP) is 2.84. The molecule has 5 heteroatoms. The van der Waals surface area contributed by atoms with Gasteiger partial charge in [0.25, 0.3) is 0 Å². The van der Waals surface area contributed by atoms with Crippen molar-refractivity contribution in [3.05, 3.63) is 47.8 Å². The van der Waals surface area contributed by atoms with Crippen molar-refractivity contribution in [2.24, 2.45) is 0 Å². The van der Waals surface area contributed by atoms with Gasteiger partial charge in [-0.3, -0.25) is 0 Å². The van der Waals surface area contributed by atoms with Gasteiger partial charge in [-0.15, -0.1) is 0 Å². The fourth-order valence-corrected chi connectivity index (χ4v) is 2.30. The normalized spacial score (nSPS) is 14.5. The molecule has 1 aromatic heterocycles. The Morgan fingerprint density at radius 1 is 1.40 bits per heavy atom. The topological polar surface area (TPSA) is 50.9 Å². The lowest BCUT2D eigenvalue weighted by Gasteiger charge is -2.27. The molecule has 0 amide bonds. The molecule has 0 radical (unpaired) electrons. The minimum atomic E-state index is -1.14. The maximum absolute atomic E-state index is 13.4.